The van der Waals surface area contributed by atoms with Gasteiger partial charge in [0.25, 0.3) is 0 Å². The lowest BCUT2D eigenvalue weighted by atomic mass is 10.1. The largest absolute Gasteiger partial charge is 0.369 e. The van der Waals surface area contributed by atoms with Gasteiger partial charge in [0.2, 0.25) is 5.91 Å². The van der Waals surface area contributed by atoms with Crippen molar-refractivity contribution in [1.82, 2.24) is 4.90 Å². The van der Waals surface area contributed by atoms with Crippen LogP contribution in [0.25, 0.3) is 0 Å². The Morgan fingerprint density at radius 3 is 2.50 bits per heavy atom. The first kappa shape index (κ1) is 11.4. The molecule has 0 aliphatic rings. The smallest absolute Gasteiger partial charge is 0.231 e. The van der Waals surface area contributed by atoms with Crippen molar-refractivity contribution in [2.24, 2.45) is 11.5 Å². The van der Waals surface area contributed by atoms with E-state index in [1.807, 2.05) is 11.9 Å². The fraction of sp³-hybridized carbons (Fsp3) is 0.875. The van der Waals surface area contributed by atoms with Crippen molar-refractivity contribution >= 4 is 5.91 Å². The molecule has 1 atom stereocenters. The van der Waals surface area contributed by atoms with Crippen molar-refractivity contribution in [3.05, 3.63) is 0 Å². The van der Waals surface area contributed by atoms with Gasteiger partial charge in [-0.3, -0.25) is 9.69 Å². The summed E-state index contributed by atoms with van der Waals surface area (Å²) in [6.45, 7) is 3.05. The standard InChI is InChI=1S/C8H19N3O/c1-3-7(4-5-9)11(2)6-8(10)12/h7H,3-6,9H2,1-2H3,(H2,10,12). The second-order valence-corrected chi connectivity index (χ2v) is 3.02. The Labute approximate surface area is 73.9 Å². The lowest BCUT2D eigenvalue weighted by molar-refractivity contribution is -0.119. The van der Waals surface area contributed by atoms with Crippen LogP contribution in [0, 0.1) is 0 Å². The van der Waals surface area contributed by atoms with Crippen LogP contribution in [0.15, 0.2) is 0 Å². The van der Waals surface area contributed by atoms with Gasteiger partial charge in [-0.1, -0.05) is 6.92 Å². The van der Waals surface area contributed by atoms with Gasteiger partial charge < -0.3 is 11.5 Å². The summed E-state index contributed by atoms with van der Waals surface area (Å²) in [6, 6.07) is 0.377. The Morgan fingerprint density at radius 2 is 2.17 bits per heavy atom. The number of carbonyl (C=O) groups is 1. The Morgan fingerprint density at radius 1 is 1.58 bits per heavy atom. The number of nitrogens with two attached hydrogens (primary N) is 2. The maximum absolute atomic E-state index is 10.6. The van der Waals surface area contributed by atoms with E-state index < -0.39 is 0 Å². The van der Waals surface area contributed by atoms with Crippen LogP contribution >= 0.6 is 0 Å². The summed E-state index contributed by atoms with van der Waals surface area (Å²) in [7, 11) is 1.90. The highest BCUT2D eigenvalue weighted by Gasteiger charge is 2.12. The summed E-state index contributed by atoms with van der Waals surface area (Å²) in [5, 5.41) is 0. The fourth-order valence-corrected chi connectivity index (χ4v) is 1.30. The van der Waals surface area contributed by atoms with Gasteiger partial charge in [-0.15, -0.1) is 0 Å². The number of hydrogen-bond acceptors (Lipinski definition) is 3. The topological polar surface area (TPSA) is 72.3 Å². The average Bonchev–Trinajstić information content (AvgIpc) is 1.98. The van der Waals surface area contributed by atoms with Crippen LogP contribution in [-0.2, 0) is 4.79 Å². The first-order valence-corrected chi connectivity index (χ1v) is 4.30. The highest BCUT2D eigenvalue weighted by Crippen LogP contribution is 2.04. The first-order chi connectivity index (χ1) is 5.61. The van der Waals surface area contributed by atoms with Gasteiger partial charge in [0.1, 0.15) is 0 Å². The van der Waals surface area contributed by atoms with Crippen LogP contribution in [0.1, 0.15) is 19.8 Å². The summed E-state index contributed by atoms with van der Waals surface area (Å²) in [4.78, 5) is 12.5. The molecule has 0 saturated carbocycles. The molecule has 0 bridgehead atoms. The van der Waals surface area contributed by atoms with Crippen LogP contribution in [0.2, 0.25) is 0 Å². The summed E-state index contributed by atoms with van der Waals surface area (Å²) in [5.41, 5.74) is 10.5. The predicted octanol–water partition coefficient (Wildman–Crippen LogP) is -0.469. The van der Waals surface area contributed by atoms with Crippen molar-refractivity contribution in [1.29, 1.82) is 0 Å². The third-order valence-corrected chi connectivity index (χ3v) is 2.00. The summed E-state index contributed by atoms with van der Waals surface area (Å²) < 4.78 is 0. The van der Waals surface area contributed by atoms with Crippen molar-refractivity contribution in [3.8, 4) is 0 Å². The molecule has 0 heterocycles. The van der Waals surface area contributed by atoms with Crippen molar-refractivity contribution < 1.29 is 4.79 Å². The number of rotatable bonds is 6. The van der Waals surface area contributed by atoms with E-state index in [9.17, 15) is 4.79 Å². The summed E-state index contributed by atoms with van der Waals surface area (Å²) in [6.07, 6.45) is 1.92. The highest BCUT2D eigenvalue weighted by atomic mass is 16.1. The molecule has 4 heteroatoms. The van der Waals surface area contributed by atoms with E-state index in [4.69, 9.17) is 11.5 Å². The van der Waals surface area contributed by atoms with Crippen LogP contribution in [0.4, 0.5) is 0 Å². The zero-order valence-corrected chi connectivity index (χ0v) is 7.92. The minimum absolute atomic E-state index is 0.284. The van der Waals surface area contributed by atoms with Crippen LogP contribution in [-0.4, -0.2) is 37.0 Å². The zero-order valence-electron chi connectivity index (χ0n) is 7.92. The fourth-order valence-electron chi connectivity index (χ4n) is 1.30. The number of likely N-dealkylation sites (N-methyl/N-ethyl adjacent to an activating group) is 1. The minimum atomic E-state index is -0.284. The van der Waals surface area contributed by atoms with Crippen molar-refractivity contribution in [3.63, 3.8) is 0 Å². The lowest BCUT2D eigenvalue weighted by Gasteiger charge is -2.25. The molecule has 0 saturated heterocycles. The molecule has 0 aliphatic carbocycles. The van der Waals surface area contributed by atoms with E-state index in [1.165, 1.54) is 0 Å². The molecule has 0 aromatic heterocycles. The highest BCUT2D eigenvalue weighted by molar-refractivity contribution is 5.75. The van der Waals surface area contributed by atoms with Gasteiger partial charge in [-0.25, -0.2) is 0 Å². The number of hydrogen-bond donors (Lipinski definition) is 2. The molecular weight excluding hydrogens is 154 g/mol. The molecule has 0 rings (SSSR count). The zero-order chi connectivity index (χ0) is 9.56. The number of primary amides is 1. The number of amides is 1. The SMILES string of the molecule is CCC(CCN)N(C)CC(N)=O. The van der Waals surface area contributed by atoms with Gasteiger partial charge >= 0.3 is 0 Å². The van der Waals surface area contributed by atoms with Gasteiger partial charge in [-0.2, -0.15) is 0 Å². The Kier molecular flexibility index (Phi) is 5.66. The van der Waals surface area contributed by atoms with E-state index in [-0.39, 0.29) is 5.91 Å². The van der Waals surface area contributed by atoms with E-state index in [1.54, 1.807) is 0 Å². The lowest BCUT2D eigenvalue weighted by Crippen LogP contribution is -2.39. The second-order valence-electron chi connectivity index (χ2n) is 3.02. The molecule has 1 amide bonds. The Hall–Kier alpha value is -0.610. The summed E-state index contributed by atoms with van der Waals surface area (Å²) in [5.74, 6) is -0.284. The molecule has 0 aromatic carbocycles. The molecule has 0 radical (unpaired) electrons. The van der Waals surface area contributed by atoms with Gasteiger partial charge in [0.15, 0.2) is 0 Å². The van der Waals surface area contributed by atoms with E-state index in [0.29, 0.717) is 19.1 Å². The monoisotopic (exact) mass is 173 g/mol. The molecule has 0 aliphatic heterocycles. The molecule has 4 N–H and O–H groups in total. The molecular formula is C8H19N3O. The number of nitrogens with zero attached hydrogens (tertiary/aromatic N) is 1. The third kappa shape index (κ3) is 4.31. The molecule has 12 heavy (non-hydrogen) atoms. The van der Waals surface area contributed by atoms with Crippen molar-refractivity contribution in [2.75, 3.05) is 20.1 Å². The minimum Gasteiger partial charge on any atom is -0.369 e. The first-order valence-electron chi connectivity index (χ1n) is 4.30. The van der Waals surface area contributed by atoms with E-state index >= 15 is 0 Å². The number of carbonyl (C=O) groups excluding carboxylic acids is 1. The van der Waals surface area contributed by atoms with Crippen LogP contribution < -0.4 is 11.5 Å². The van der Waals surface area contributed by atoms with Crippen LogP contribution in [0.3, 0.4) is 0 Å². The predicted molar refractivity (Wildman–Crippen MR) is 49.6 cm³/mol. The molecule has 0 aromatic rings. The molecule has 0 fully saturated rings. The van der Waals surface area contributed by atoms with E-state index in [0.717, 1.165) is 12.8 Å². The normalized spacial score (nSPS) is 13.3. The van der Waals surface area contributed by atoms with Crippen LogP contribution in [0.5, 0.6) is 0 Å². The Balaban J connectivity index is 3.84. The Bertz CT molecular complexity index is 138. The summed E-state index contributed by atoms with van der Waals surface area (Å²) >= 11 is 0. The quantitative estimate of drug-likeness (QED) is 0.570. The molecule has 0 spiro atoms. The van der Waals surface area contributed by atoms with E-state index in [2.05, 4.69) is 6.92 Å². The second kappa shape index (κ2) is 5.97. The average molecular weight is 173 g/mol. The maximum Gasteiger partial charge on any atom is 0.231 e. The van der Waals surface area contributed by atoms with Crippen molar-refractivity contribution in [2.45, 2.75) is 25.8 Å². The maximum atomic E-state index is 10.6. The van der Waals surface area contributed by atoms with Gasteiger partial charge in [-0.05, 0) is 26.4 Å². The third-order valence-electron chi connectivity index (χ3n) is 2.00. The molecule has 1 unspecified atom stereocenters. The molecule has 4 nitrogen and oxygen atoms in total. The van der Waals surface area contributed by atoms with Gasteiger partial charge in [0, 0.05) is 6.04 Å². The molecule has 72 valence electrons. The van der Waals surface area contributed by atoms with Gasteiger partial charge in [0.05, 0.1) is 6.54 Å².